The van der Waals surface area contributed by atoms with E-state index < -0.39 is 0 Å². The highest BCUT2D eigenvalue weighted by atomic mass is 16.5. The molecular weight excluding hydrogens is 258 g/mol. The molecular formula is C15H21NO4. The van der Waals surface area contributed by atoms with E-state index in [9.17, 15) is 4.79 Å². The smallest absolute Gasteiger partial charge is 0.254 e. The minimum absolute atomic E-state index is 0.0227. The fourth-order valence-electron chi connectivity index (χ4n) is 2.48. The molecule has 1 fully saturated rings. The van der Waals surface area contributed by atoms with Gasteiger partial charge in [0.25, 0.3) is 5.91 Å². The Morgan fingerprint density at radius 2 is 1.60 bits per heavy atom. The molecule has 110 valence electrons. The van der Waals surface area contributed by atoms with E-state index in [1.807, 2.05) is 18.7 Å². The summed E-state index contributed by atoms with van der Waals surface area (Å²) in [6, 6.07) is 5.34. The van der Waals surface area contributed by atoms with Gasteiger partial charge in [0.1, 0.15) is 11.5 Å². The highest BCUT2D eigenvalue weighted by Gasteiger charge is 2.30. The van der Waals surface area contributed by atoms with E-state index >= 15 is 0 Å². The number of rotatable bonds is 3. The van der Waals surface area contributed by atoms with Crippen LogP contribution in [0.5, 0.6) is 11.5 Å². The molecule has 2 atom stereocenters. The van der Waals surface area contributed by atoms with Crippen LogP contribution in [0.1, 0.15) is 24.2 Å². The van der Waals surface area contributed by atoms with Crippen molar-refractivity contribution in [1.29, 1.82) is 0 Å². The molecule has 1 aromatic carbocycles. The van der Waals surface area contributed by atoms with Crippen molar-refractivity contribution < 1.29 is 19.0 Å². The van der Waals surface area contributed by atoms with Gasteiger partial charge in [0, 0.05) is 11.6 Å². The Morgan fingerprint density at radius 1 is 1.10 bits per heavy atom. The Morgan fingerprint density at radius 3 is 2.05 bits per heavy atom. The van der Waals surface area contributed by atoms with Gasteiger partial charge in [0.2, 0.25) is 0 Å². The predicted molar refractivity (Wildman–Crippen MR) is 75.5 cm³/mol. The molecule has 0 saturated carbocycles. The maximum Gasteiger partial charge on any atom is 0.254 e. The zero-order valence-corrected chi connectivity index (χ0v) is 12.4. The molecule has 1 saturated heterocycles. The van der Waals surface area contributed by atoms with Crippen molar-refractivity contribution >= 4 is 5.91 Å². The molecule has 2 unspecified atom stereocenters. The van der Waals surface area contributed by atoms with Gasteiger partial charge in [-0.15, -0.1) is 0 Å². The van der Waals surface area contributed by atoms with Crippen molar-refractivity contribution in [3.63, 3.8) is 0 Å². The van der Waals surface area contributed by atoms with Crippen molar-refractivity contribution in [2.45, 2.75) is 25.9 Å². The first-order chi connectivity index (χ1) is 9.56. The zero-order chi connectivity index (χ0) is 14.7. The molecule has 0 bridgehead atoms. The van der Waals surface area contributed by atoms with Crippen LogP contribution in [0.4, 0.5) is 0 Å². The number of amides is 1. The van der Waals surface area contributed by atoms with E-state index in [1.54, 1.807) is 32.4 Å². The van der Waals surface area contributed by atoms with Gasteiger partial charge >= 0.3 is 0 Å². The van der Waals surface area contributed by atoms with Crippen molar-refractivity contribution in [2.24, 2.45) is 0 Å². The van der Waals surface area contributed by atoms with Crippen LogP contribution in [0.2, 0.25) is 0 Å². The molecule has 5 nitrogen and oxygen atoms in total. The van der Waals surface area contributed by atoms with Crippen LogP contribution in [-0.2, 0) is 4.74 Å². The lowest BCUT2D eigenvalue weighted by molar-refractivity contribution is -0.0249. The average molecular weight is 279 g/mol. The highest BCUT2D eigenvalue weighted by molar-refractivity contribution is 5.95. The van der Waals surface area contributed by atoms with E-state index in [1.165, 1.54) is 0 Å². The molecule has 0 radical (unpaired) electrons. The van der Waals surface area contributed by atoms with Gasteiger partial charge in [-0.2, -0.15) is 0 Å². The molecule has 0 N–H and O–H groups in total. The quantitative estimate of drug-likeness (QED) is 0.848. The van der Waals surface area contributed by atoms with Crippen LogP contribution in [0, 0.1) is 0 Å². The average Bonchev–Trinajstić information content (AvgIpc) is 2.46. The van der Waals surface area contributed by atoms with E-state index in [4.69, 9.17) is 14.2 Å². The number of morpholine rings is 1. The first-order valence-electron chi connectivity index (χ1n) is 6.70. The van der Waals surface area contributed by atoms with E-state index in [0.29, 0.717) is 30.3 Å². The van der Waals surface area contributed by atoms with Crippen LogP contribution in [0.15, 0.2) is 18.2 Å². The normalized spacial score (nSPS) is 22.5. The maximum absolute atomic E-state index is 12.7. The lowest BCUT2D eigenvalue weighted by atomic mass is 10.1. The molecule has 0 aromatic heterocycles. The largest absolute Gasteiger partial charge is 0.497 e. The predicted octanol–water partition coefficient (Wildman–Crippen LogP) is 1.95. The van der Waals surface area contributed by atoms with Crippen molar-refractivity contribution in [2.75, 3.05) is 27.4 Å². The first-order valence-corrected chi connectivity index (χ1v) is 6.70. The summed E-state index contributed by atoms with van der Waals surface area (Å²) >= 11 is 0. The van der Waals surface area contributed by atoms with Crippen molar-refractivity contribution in [1.82, 2.24) is 4.90 Å². The first kappa shape index (κ1) is 14.7. The summed E-state index contributed by atoms with van der Waals surface area (Å²) in [6.07, 6.45) is 0. The molecule has 0 aliphatic carbocycles. The molecule has 1 heterocycles. The summed E-state index contributed by atoms with van der Waals surface area (Å²) in [6.45, 7) is 5.12. The third-order valence-corrected chi connectivity index (χ3v) is 3.50. The third kappa shape index (κ3) is 2.88. The topological polar surface area (TPSA) is 48.0 Å². The van der Waals surface area contributed by atoms with Crippen LogP contribution in [0.3, 0.4) is 0 Å². The van der Waals surface area contributed by atoms with Crippen molar-refractivity contribution in [3.05, 3.63) is 23.8 Å². The molecule has 1 aliphatic rings. The Kier molecular flexibility index (Phi) is 4.49. The van der Waals surface area contributed by atoms with E-state index in [2.05, 4.69) is 0 Å². The molecule has 0 spiro atoms. The number of ether oxygens (including phenoxy) is 3. The van der Waals surface area contributed by atoms with Gasteiger partial charge in [-0.1, -0.05) is 0 Å². The fraction of sp³-hybridized carbons (Fsp3) is 0.533. The SMILES string of the molecule is COc1cc(OC)cc(C(=O)N2C(C)COCC2C)c1. The highest BCUT2D eigenvalue weighted by Crippen LogP contribution is 2.25. The van der Waals surface area contributed by atoms with Gasteiger partial charge in [0.15, 0.2) is 0 Å². The Bertz CT molecular complexity index is 457. The van der Waals surface area contributed by atoms with Gasteiger partial charge in [-0.05, 0) is 26.0 Å². The fourth-order valence-corrected chi connectivity index (χ4v) is 2.48. The van der Waals surface area contributed by atoms with Crippen LogP contribution in [0.25, 0.3) is 0 Å². The monoisotopic (exact) mass is 279 g/mol. The lowest BCUT2D eigenvalue weighted by Crippen LogP contribution is -2.52. The Balaban J connectivity index is 2.32. The number of hydrogen-bond acceptors (Lipinski definition) is 4. The summed E-state index contributed by atoms with van der Waals surface area (Å²) in [5.74, 6) is 1.20. The molecule has 1 aromatic rings. The van der Waals surface area contributed by atoms with Gasteiger partial charge in [-0.3, -0.25) is 4.79 Å². The number of nitrogens with zero attached hydrogens (tertiary/aromatic N) is 1. The number of carbonyl (C=O) groups excluding carboxylic acids is 1. The maximum atomic E-state index is 12.7. The molecule has 20 heavy (non-hydrogen) atoms. The lowest BCUT2D eigenvalue weighted by Gasteiger charge is -2.38. The number of methoxy groups -OCH3 is 2. The second-order valence-corrected chi connectivity index (χ2v) is 5.05. The zero-order valence-electron chi connectivity index (χ0n) is 12.4. The summed E-state index contributed by atoms with van der Waals surface area (Å²) in [5, 5.41) is 0. The second kappa shape index (κ2) is 6.13. The van der Waals surface area contributed by atoms with E-state index in [-0.39, 0.29) is 18.0 Å². The number of benzene rings is 1. The van der Waals surface area contributed by atoms with E-state index in [0.717, 1.165) is 0 Å². The molecule has 1 aliphatic heterocycles. The van der Waals surface area contributed by atoms with Crippen LogP contribution < -0.4 is 9.47 Å². The van der Waals surface area contributed by atoms with Gasteiger partial charge in [0.05, 0.1) is 39.5 Å². The van der Waals surface area contributed by atoms with Crippen LogP contribution in [-0.4, -0.2) is 50.3 Å². The second-order valence-electron chi connectivity index (χ2n) is 5.05. The summed E-state index contributed by atoms with van der Waals surface area (Å²) in [5.41, 5.74) is 0.571. The standard InChI is InChI=1S/C15H21NO4/c1-10-8-20-9-11(2)16(10)15(17)12-5-13(18-3)7-14(6-12)19-4/h5-7,10-11H,8-9H2,1-4H3. The Labute approximate surface area is 119 Å². The van der Waals surface area contributed by atoms with Gasteiger partial charge in [-0.25, -0.2) is 0 Å². The minimum atomic E-state index is -0.0227. The summed E-state index contributed by atoms with van der Waals surface area (Å²) in [7, 11) is 3.14. The molecule has 2 rings (SSSR count). The molecule has 5 heteroatoms. The number of hydrogen-bond donors (Lipinski definition) is 0. The summed E-state index contributed by atoms with van der Waals surface area (Å²) in [4.78, 5) is 14.6. The van der Waals surface area contributed by atoms with Gasteiger partial charge < -0.3 is 19.1 Å². The third-order valence-electron chi connectivity index (χ3n) is 3.50. The van der Waals surface area contributed by atoms with Crippen molar-refractivity contribution in [3.8, 4) is 11.5 Å². The minimum Gasteiger partial charge on any atom is -0.497 e. The molecule has 1 amide bonds. The van der Waals surface area contributed by atoms with Crippen LogP contribution >= 0.6 is 0 Å². The summed E-state index contributed by atoms with van der Waals surface area (Å²) < 4.78 is 15.9. The Hall–Kier alpha value is -1.75. The number of carbonyl (C=O) groups is 1.